The second-order valence-corrected chi connectivity index (χ2v) is 5.74. The molecule has 1 unspecified atom stereocenters. The average molecular weight is 228 g/mol. The summed E-state index contributed by atoms with van der Waals surface area (Å²) in [5.74, 6) is 0. The van der Waals surface area contributed by atoms with Crippen LogP contribution in [0.15, 0.2) is 0 Å². The monoisotopic (exact) mass is 228 g/mol. The highest BCUT2D eigenvalue weighted by Gasteiger charge is 2.37. The van der Waals surface area contributed by atoms with Crippen LogP contribution < -0.4 is 0 Å². The summed E-state index contributed by atoms with van der Waals surface area (Å²) in [5.41, 5.74) is 0.274. The number of ether oxygens (including phenoxy) is 1. The van der Waals surface area contributed by atoms with Crippen LogP contribution in [-0.2, 0) is 4.74 Å². The molecule has 1 atom stereocenters. The van der Waals surface area contributed by atoms with Crippen molar-refractivity contribution in [3.05, 3.63) is 0 Å². The fourth-order valence-corrected chi connectivity index (χ4v) is 1.78. The van der Waals surface area contributed by atoms with Crippen LogP contribution in [0.2, 0.25) is 0 Å². The molecule has 0 spiro atoms. The summed E-state index contributed by atoms with van der Waals surface area (Å²) in [6.07, 6.45) is 0.723. The summed E-state index contributed by atoms with van der Waals surface area (Å²) >= 11 is 0. The molecule has 0 saturated carbocycles. The molecule has 0 aromatic heterocycles. The SMILES string of the molecule is CC(CCOC(=O)N1CC(C)(C)C1)N(C)C. The molecule has 1 heterocycles. The van der Waals surface area contributed by atoms with E-state index in [1.165, 1.54) is 0 Å². The van der Waals surface area contributed by atoms with Crippen LogP contribution >= 0.6 is 0 Å². The van der Waals surface area contributed by atoms with Crippen molar-refractivity contribution < 1.29 is 9.53 Å². The van der Waals surface area contributed by atoms with Gasteiger partial charge in [-0.05, 0) is 27.4 Å². The molecule has 1 aliphatic rings. The molecule has 0 aromatic carbocycles. The molecule has 0 radical (unpaired) electrons. The smallest absolute Gasteiger partial charge is 0.409 e. The third-order valence-corrected chi connectivity index (χ3v) is 3.14. The number of carbonyl (C=O) groups is 1. The molecular formula is C12H24N2O2. The minimum Gasteiger partial charge on any atom is -0.449 e. The molecule has 0 aliphatic carbocycles. The van der Waals surface area contributed by atoms with Gasteiger partial charge in [0, 0.05) is 24.5 Å². The molecule has 94 valence electrons. The highest BCUT2D eigenvalue weighted by Crippen LogP contribution is 2.28. The Hall–Kier alpha value is -0.770. The first-order valence-electron chi connectivity index (χ1n) is 5.90. The highest BCUT2D eigenvalue weighted by molar-refractivity contribution is 5.68. The van der Waals surface area contributed by atoms with Gasteiger partial charge >= 0.3 is 6.09 Å². The van der Waals surface area contributed by atoms with E-state index in [0.717, 1.165) is 19.5 Å². The van der Waals surface area contributed by atoms with Gasteiger partial charge in [-0.25, -0.2) is 4.79 Å². The summed E-state index contributed by atoms with van der Waals surface area (Å²) in [6, 6.07) is 0.445. The lowest BCUT2D eigenvalue weighted by Gasteiger charge is -2.44. The van der Waals surface area contributed by atoms with E-state index in [1.54, 1.807) is 4.90 Å². The van der Waals surface area contributed by atoms with Crippen molar-refractivity contribution in [1.82, 2.24) is 9.80 Å². The first-order chi connectivity index (χ1) is 7.32. The van der Waals surface area contributed by atoms with Crippen LogP contribution in [0, 0.1) is 5.41 Å². The number of hydrogen-bond donors (Lipinski definition) is 0. The molecule has 16 heavy (non-hydrogen) atoms. The average Bonchev–Trinajstić information content (AvgIpc) is 2.13. The number of rotatable bonds is 4. The van der Waals surface area contributed by atoms with E-state index < -0.39 is 0 Å². The Bertz CT molecular complexity index is 243. The molecule has 1 rings (SSSR count). The third kappa shape index (κ3) is 3.67. The van der Waals surface area contributed by atoms with Crippen molar-refractivity contribution in [3.63, 3.8) is 0 Å². The Kier molecular flexibility index (Phi) is 4.19. The van der Waals surface area contributed by atoms with Crippen LogP contribution in [0.25, 0.3) is 0 Å². The molecule has 4 heteroatoms. The molecule has 4 nitrogen and oxygen atoms in total. The number of amides is 1. The van der Waals surface area contributed by atoms with Crippen molar-refractivity contribution in [2.45, 2.75) is 33.2 Å². The molecule has 1 amide bonds. The third-order valence-electron chi connectivity index (χ3n) is 3.14. The van der Waals surface area contributed by atoms with Crippen molar-refractivity contribution >= 4 is 6.09 Å². The quantitative estimate of drug-likeness (QED) is 0.735. The Morgan fingerprint density at radius 2 is 2.00 bits per heavy atom. The maximum atomic E-state index is 11.6. The fourth-order valence-electron chi connectivity index (χ4n) is 1.78. The maximum Gasteiger partial charge on any atom is 0.409 e. The van der Waals surface area contributed by atoms with Crippen LogP contribution in [0.1, 0.15) is 27.2 Å². The van der Waals surface area contributed by atoms with Gasteiger partial charge in [0.15, 0.2) is 0 Å². The summed E-state index contributed by atoms with van der Waals surface area (Å²) < 4.78 is 5.22. The van der Waals surface area contributed by atoms with Crippen molar-refractivity contribution in [3.8, 4) is 0 Å². The van der Waals surface area contributed by atoms with Crippen molar-refractivity contribution in [2.75, 3.05) is 33.8 Å². The zero-order valence-corrected chi connectivity index (χ0v) is 11.1. The Balaban J connectivity index is 2.13. The Labute approximate surface area is 98.5 Å². The van der Waals surface area contributed by atoms with Gasteiger partial charge in [-0.2, -0.15) is 0 Å². The normalized spacial score (nSPS) is 20.5. The van der Waals surface area contributed by atoms with Crippen LogP contribution in [-0.4, -0.2) is 55.7 Å². The number of carbonyl (C=O) groups excluding carboxylic acids is 1. The van der Waals surface area contributed by atoms with Crippen LogP contribution in [0.5, 0.6) is 0 Å². The maximum absolute atomic E-state index is 11.6. The molecule has 1 saturated heterocycles. The standard InChI is InChI=1S/C12H24N2O2/c1-10(13(4)5)6-7-16-11(15)14-8-12(2,3)9-14/h10H,6-9H2,1-5H3. The van der Waals surface area contributed by atoms with Crippen molar-refractivity contribution in [1.29, 1.82) is 0 Å². The summed E-state index contributed by atoms with van der Waals surface area (Å²) in [5, 5.41) is 0. The topological polar surface area (TPSA) is 32.8 Å². The van der Waals surface area contributed by atoms with Gasteiger partial charge in [0.25, 0.3) is 0 Å². The van der Waals surface area contributed by atoms with Gasteiger partial charge in [0.1, 0.15) is 0 Å². The zero-order valence-electron chi connectivity index (χ0n) is 11.1. The fraction of sp³-hybridized carbons (Fsp3) is 0.917. The van der Waals surface area contributed by atoms with Gasteiger partial charge in [-0.15, -0.1) is 0 Å². The lowest BCUT2D eigenvalue weighted by Crippen LogP contribution is -2.55. The number of nitrogens with zero attached hydrogens (tertiary/aromatic N) is 2. The summed E-state index contributed by atoms with van der Waals surface area (Å²) in [4.78, 5) is 15.4. The molecule has 1 aliphatic heterocycles. The van der Waals surface area contributed by atoms with E-state index in [0.29, 0.717) is 12.6 Å². The van der Waals surface area contributed by atoms with E-state index in [2.05, 4.69) is 25.7 Å². The number of likely N-dealkylation sites (tertiary alicyclic amines) is 1. The second kappa shape index (κ2) is 5.04. The number of hydrogen-bond acceptors (Lipinski definition) is 3. The van der Waals surface area contributed by atoms with E-state index in [9.17, 15) is 4.79 Å². The lowest BCUT2D eigenvalue weighted by atomic mass is 9.85. The first kappa shape index (κ1) is 13.3. The van der Waals surface area contributed by atoms with E-state index in [1.807, 2.05) is 14.1 Å². The lowest BCUT2D eigenvalue weighted by molar-refractivity contribution is 0.0148. The van der Waals surface area contributed by atoms with Crippen LogP contribution in [0.3, 0.4) is 0 Å². The Morgan fingerprint density at radius 1 is 1.44 bits per heavy atom. The minimum atomic E-state index is -0.162. The molecule has 0 aromatic rings. The first-order valence-corrected chi connectivity index (χ1v) is 5.90. The second-order valence-electron chi connectivity index (χ2n) is 5.74. The molecule has 0 N–H and O–H groups in total. The minimum absolute atomic E-state index is 0.162. The van der Waals surface area contributed by atoms with Gasteiger partial charge in [0.05, 0.1) is 6.61 Å². The van der Waals surface area contributed by atoms with Crippen LogP contribution in [0.4, 0.5) is 4.79 Å². The predicted molar refractivity (Wildman–Crippen MR) is 64.5 cm³/mol. The highest BCUT2D eigenvalue weighted by atomic mass is 16.6. The van der Waals surface area contributed by atoms with E-state index >= 15 is 0 Å². The van der Waals surface area contributed by atoms with E-state index in [4.69, 9.17) is 4.74 Å². The van der Waals surface area contributed by atoms with Gasteiger partial charge in [-0.1, -0.05) is 13.8 Å². The van der Waals surface area contributed by atoms with Crippen molar-refractivity contribution in [2.24, 2.45) is 5.41 Å². The summed E-state index contributed by atoms with van der Waals surface area (Å²) in [7, 11) is 4.06. The molecule has 0 bridgehead atoms. The zero-order chi connectivity index (χ0) is 12.3. The van der Waals surface area contributed by atoms with Gasteiger partial charge in [-0.3, -0.25) is 0 Å². The largest absolute Gasteiger partial charge is 0.449 e. The Morgan fingerprint density at radius 3 is 2.44 bits per heavy atom. The predicted octanol–water partition coefficient (Wildman–Crippen LogP) is 1.81. The molecule has 1 fully saturated rings. The molecular weight excluding hydrogens is 204 g/mol. The van der Waals surface area contributed by atoms with Gasteiger partial charge in [0.2, 0.25) is 0 Å². The van der Waals surface area contributed by atoms with Gasteiger partial charge < -0.3 is 14.5 Å². The summed E-state index contributed by atoms with van der Waals surface area (Å²) in [6.45, 7) is 8.58. The van der Waals surface area contributed by atoms with E-state index in [-0.39, 0.29) is 11.5 Å².